The van der Waals surface area contributed by atoms with Crippen molar-refractivity contribution >= 4 is 21.7 Å². The fourth-order valence-electron chi connectivity index (χ4n) is 2.66. The van der Waals surface area contributed by atoms with Crippen molar-refractivity contribution in [1.29, 1.82) is 0 Å². The van der Waals surface area contributed by atoms with Gasteiger partial charge in [-0.15, -0.1) is 0 Å². The zero-order chi connectivity index (χ0) is 17.2. The molecule has 0 aliphatic carbocycles. The summed E-state index contributed by atoms with van der Waals surface area (Å²) in [6, 6.07) is 7.14. The maximum absolute atomic E-state index is 10.9. The lowest BCUT2D eigenvalue weighted by Crippen LogP contribution is -2.33. The van der Waals surface area contributed by atoms with Crippen molar-refractivity contribution in [3.05, 3.63) is 53.6 Å². The molecule has 1 N–H and O–H groups in total. The molecule has 1 aromatic heterocycles. The molecule has 0 amide bonds. The van der Waals surface area contributed by atoms with Crippen LogP contribution in [0.3, 0.4) is 0 Å². The zero-order valence-electron chi connectivity index (χ0n) is 12.7. The summed E-state index contributed by atoms with van der Waals surface area (Å²) in [6.07, 6.45) is 4.77. The summed E-state index contributed by atoms with van der Waals surface area (Å²) < 4.78 is 44.6. The van der Waals surface area contributed by atoms with Crippen molar-refractivity contribution < 1.29 is 22.4 Å². The lowest BCUT2D eigenvalue weighted by Gasteiger charge is -2.29. The zero-order valence-corrected chi connectivity index (χ0v) is 14.3. The van der Waals surface area contributed by atoms with E-state index in [0.29, 0.717) is 11.6 Å². The molecule has 1 aliphatic rings. The maximum atomic E-state index is 10.9. The fraction of sp³-hybridized carbons (Fsp3) is 0.400. The van der Waals surface area contributed by atoms with Crippen LogP contribution in [0.5, 0.6) is 0 Å². The Bertz CT molecular complexity index is 796. The molecule has 9 heteroatoms. The molecule has 1 saturated heterocycles. The molecule has 1 aliphatic heterocycles. The Morgan fingerprint density at radius 1 is 1.46 bits per heavy atom. The van der Waals surface area contributed by atoms with E-state index in [1.807, 2.05) is 10.6 Å². The third-order valence-corrected chi connectivity index (χ3v) is 4.76. The van der Waals surface area contributed by atoms with E-state index in [2.05, 4.69) is 4.98 Å². The van der Waals surface area contributed by atoms with E-state index in [1.54, 1.807) is 36.9 Å². The average molecular weight is 373 g/mol. The van der Waals surface area contributed by atoms with Crippen LogP contribution < -0.4 is 0 Å². The van der Waals surface area contributed by atoms with Gasteiger partial charge < -0.3 is 14.0 Å². The van der Waals surface area contributed by atoms with Gasteiger partial charge in [-0.1, -0.05) is 23.7 Å². The minimum Gasteiger partial charge on any atom is -0.342 e. The van der Waals surface area contributed by atoms with Crippen LogP contribution in [0, 0.1) is 0 Å². The third kappa shape index (κ3) is 4.14. The van der Waals surface area contributed by atoms with Crippen LogP contribution in [0.1, 0.15) is 12.0 Å². The first-order chi connectivity index (χ1) is 11.4. The van der Waals surface area contributed by atoms with Crippen LogP contribution in [0.2, 0.25) is 5.02 Å². The quantitative estimate of drug-likeness (QED) is 0.781. The Labute approximate surface area is 144 Å². The van der Waals surface area contributed by atoms with Gasteiger partial charge in [0, 0.05) is 23.0 Å². The van der Waals surface area contributed by atoms with Crippen molar-refractivity contribution in [1.82, 2.24) is 9.55 Å². The van der Waals surface area contributed by atoms with E-state index in [9.17, 15) is 8.42 Å². The van der Waals surface area contributed by atoms with Gasteiger partial charge in [-0.2, -0.15) is 8.42 Å². The number of hydrogen-bond acceptors (Lipinski definition) is 5. The number of imidazole rings is 1. The minimum atomic E-state index is -4.04. The lowest BCUT2D eigenvalue weighted by atomic mass is 10.1. The number of ether oxygens (including phenoxy) is 2. The van der Waals surface area contributed by atoms with E-state index < -0.39 is 22.0 Å². The van der Waals surface area contributed by atoms with E-state index in [4.69, 9.17) is 25.6 Å². The van der Waals surface area contributed by atoms with Crippen LogP contribution in [-0.2, 0) is 31.9 Å². The number of halogens is 1. The van der Waals surface area contributed by atoms with Gasteiger partial charge in [0.1, 0.15) is 0 Å². The van der Waals surface area contributed by atoms with Crippen LogP contribution >= 0.6 is 11.6 Å². The van der Waals surface area contributed by atoms with Gasteiger partial charge in [0.15, 0.2) is 0 Å². The first-order valence-electron chi connectivity index (χ1n) is 7.35. The van der Waals surface area contributed by atoms with E-state index >= 15 is 0 Å². The van der Waals surface area contributed by atoms with E-state index in [-0.39, 0.29) is 18.8 Å². The normalized spacial score (nSPS) is 24.3. The van der Waals surface area contributed by atoms with Gasteiger partial charge in [-0.25, -0.2) is 4.98 Å². The second-order valence-corrected chi connectivity index (χ2v) is 7.63. The molecule has 2 unspecified atom stereocenters. The first-order valence-corrected chi connectivity index (χ1v) is 9.34. The van der Waals surface area contributed by atoms with Crippen LogP contribution in [0.25, 0.3) is 0 Å². The van der Waals surface area contributed by atoms with E-state index in [1.165, 1.54) is 0 Å². The van der Waals surface area contributed by atoms with Gasteiger partial charge in [-0.3, -0.25) is 4.55 Å². The molecule has 2 aromatic rings. The molecule has 7 nitrogen and oxygen atoms in total. The topological polar surface area (TPSA) is 90.7 Å². The molecule has 2 atom stereocenters. The predicted molar refractivity (Wildman–Crippen MR) is 87.2 cm³/mol. The Morgan fingerprint density at radius 3 is 2.96 bits per heavy atom. The first kappa shape index (κ1) is 17.4. The van der Waals surface area contributed by atoms with Crippen LogP contribution in [0.15, 0.2) is 43.0 Å². The van der Waals surface area contributed by atoms with Crippen LogP contribution in [0.4, 0.5) is 0 Å². The molecule has 0 saturated carbocycles. The lowest BCUT2D eigenvalue weighted by molar-refractivity contribution is -0.187. The van der Waals surface area contributed by atoms with Gasteiger partial charge in [0.25, 0.3) is 10.1 Å². The SMILES string of the molecule is O=S(=O)(O)CCC1COC(Cn2ccnc2)(c2cccc(Cl)c2)O1. The molecule has 130 valence electrons. The molecule has 24 heavy (non-hydrogen) atoms. The fourth-order valence-corrected chi connectivity index (χ4v) is 3.41. The molecule has 3 rings (SSSR count). The summed E-state index contributed by atoms with van der Waals surface area (Å²) in [5.41, 5.74) is 0.734. The highest BCUT2D eigenvalue weighted by Gasteiger charge is 2.43. The monoisotopic (exact) mass is 372 g/mol. The molecular weight excluding hydrogens is 356 g/mol. The summed E-state index contributed by atoms with van der Waals surface area (Å²) in [5, 5.41) is 0.547. The molecule has 2 heterocycles. The molecule has 1 fully saturated rings. The number of rotatable bonds is 6. The number of nitrogens with zero attached hydrogens (tertiary/aromatic N) is 2. The largest absolute Gasteiger partial charge is 0.342 e. The van der Waals surface area contributed by atoms with Crippen LogP contribution in [-0.4, -0.2) is 41.0 Å². The van der Waals surface area contributed by atoms with Crippen molar-refractivity contribution in [2.75, 3.05) is 12.4 Å². The average Bonchev–Trinajstić information content (AvgIpc) is 3.15. The maximum Gasteiger partial charge on any atom is 0.264 e. The van der Waals surface area contributed by atoms with Gasteiger partial charge in [0.2, 0.25) is 5.79 Å². The Hall–Kier alpha value is -1.45. The molecule has 0 bridgehead atoms. The summed E-state index contributed by atoms with van der Waals surface area (Å²) in [5.74, 6) is -1.47. The highest BCUT2D eigenvalue weighted by molar-refractivity contribution is 7.85. The summed E-state index contributed by atoms with van der Waals surface area (Å²) >= 11 is 6.08. The molecule has 0 radical (unpaired) electrons. The van der Waals surface area contributed by atoms with E-state index in [0.717, 1.165) is 5.56 Å². The number of hydrogen-bond donors (Lipinski definition) is 1. The van der Waals surface area contributed by atoms with Gasteiger partial charge in [-0.05, 0) is 18.6 Å². The van der Waals surface area contributed by atoms with Crippen molar-refractivity contribution in [3.63, 3.8) is 0 Å². The van der Waals surface area contributed by atoms with Gasteiger partial charge in [0.05, 0.1) is 31.3 Å². The van der Waals surface area contributed by atoms with Gasteiger partial charge >= 0.3 is 0 Å². The number of benzene rings is 1. The Morgan fingerprint density at radius 2 is 2.29 bits per heavy atom. The minimum absolute atomic E-state index is 0.144. The van der Waals surface area contributed by atoms with Crippen molar-refractivity contribution in [2.24, 2.45) is 0 Å². The smallest absolute Gasteiger partial charge is 0.264 e. The van der Waals surface area contributed by atoms with Crippen molar-refractivity contribution in [2.45, 2.75) is 24.9 Å². The second kappa shape index (κ2) is 6.81. The Balaban J connectivity index is 1.84. The Kier molecular flexibility index (Phi) is 4.93. The standard InChI is InChI=1S/C15H17ClN2O5S/c16-13-3-1-2-12(8-13)15(10-18-6-5-17-11-18)22-9-14(23-15)4-7-24(19,20)21/h1-3,5-6,8,11,14H,4,7,9-10H2,(H,19,20,21). The number of aromatic nitrogens is 2. The summed E-state index contributed by atoms with van der Waals surface area (Å²) in [7, 11) is -4.04. The highest BCUT2D eigenvalue weighted by atomic mass is 35.5. The second-order valence-electron chi connectivity index (χ2n) is 5.62. The predicted octanol–water partition coefficient (Wildman–Crippen LogP) is 2.08. The van der Waals surface area contributed by atoms with Crippen molar-refractivity contribution in [3.8, 4) is 0 Å². The summed E-state index contributed by atoms with van der Waals surface area (Å²) in [4.78, 5) is 4.01. The molecular formula is C15H17ClN2O5S. The molecule has 1 aromatic carbocycles. The highest BCUT2D eigenvalue weighted by Crippen LogP contribution is 2.37. The third-order valence-electron chi connectivity index (χ3n) is 3.77. The summed E-state index contributed by atoms with van der Waals surface area (Å²) in [6.45, 7) is 0.562. The molecule has 0 spiro atoms.